The molecule has 2 aromatic heterocycles. The minimum Gasteiger partial charge on any atom is -0.314 e. The van der Waals surface area contributed by atoms with Crippen LogP contribution in [0, 0.1) is 0 Å². The van der Waals surface area contributed by atoms with E-state index >= 15 is 0 Å². The quantitative estimate of drug-likeness (QED) is 0.906. The van der Waals surface area contributed by atoms with Crippen LogP contribution in [0.4, 0.5) is 0 Å². The van der Waals surface area contributed by atoms with Crippen molar-refractivity contribution in [1.29, 1.82) is 0 Å². The number of nitrogens with one attached hydrogen (secondary N) is 1. The van der Waals surface area contributed by atoms with Gasteiger partial charge in [-0.15, -0.1) is 0 Å². The zero-order chi connectivity index (χ0) is 13.4. The summed E-state index contributed by atoms with van der Waals surface area (Å²) in [6.45, 7) is 4.40. The molecule has 0 bridgehead atoms. The Morgan fingerprint density at radius 1 is 1.25 bits per heavy atom. The monoisotopic (exact) mass is 270 g/mol. The first-order chi connectivity index (χ1) is 9.86. The Labute approximate surface area is 119 Å². The molecule has 2 fully saturated rings. The maximum atomic E-state index is 4.76. The highest BCUT2D eigenvalue weighted by Crippen LogP contribution is 2.36. The summed E-state index contributed by atoms with van der Waals surface area (Å²) in [6.07, 6.45) is 9.70. The molecule has 1 saturated carbocycles. The average molecular weight is 270 g/mol. The summed E-state index contributed by atoms with van der Waals surface area (Å²) < 4.78 is 2.12. The van der Waals surface area contributed by atoms with E-state index in [0.29, 0.717) is 5.54 Å². The maximum Gasteiger partial charge on any atom is 0.137 e. The first kappa shape index (κ1) is 12.4. The molecule has 2 aliphatic rings. The first-order valence-corrected chi connectivity index (χ1v) is 7.74. The molecule has 1 saturated heterocycles. The van der Waals surface area contributed by atoms with Crippen LogP contribution in [0.25, 0.3) is 5.65 Å². The van der Waals surface area contributed by atoms with Crippen LogP contribution in [-0.4, -0.2) is 39.5 Å². The van der Waals surface area contributed by atoms with Crippen molar-refractivity contribution < 1.29 is 0 Å². The van der Waals surface area contributed by atoms with Crippen molar-refractivity contribution in [2.24, 2.45) is 0 Å². The third-order valence-corrected chi connectivity index (χ3v) is 4.98. The van der Waals surface area contributed by atoms with Crippen molar-refractivity contribution in [3.8, 4) is 0 Å². The number of hydrogen-bond donors (Lipinski definition) is 1. The van der Waals surface area contributed by atoms with Gasteiger partial charge in [-0.1, -0.05) is 18.9 Å². The van der Waals surface area contributed by atoms with Crippen LogP contribution in [0.5, 0.6) is 0 Å². The van der Waals surface area contributed by atoms with Gasteiger partial charge >= 0.3 is 0 Å². The van der Waals surface area contributed by atoms with E-state index < -0.39 is 0 Å². The predicted molar refractivity (Wildman–Crippen MR) is 79.7 cm³/mol. The van der Waals surface area contributed by atoms with Gasteiger partial charge in [0.25, 0.3) is 0 Å². The number of piperazine rings is 1. The second kappa shape index (κ2) is 4.86. The summed E-state index contributed by atoms with van der Waals surface area (Å²) in [4.78, 5) is 7.44. The Morgan fingerprint density at radius 3 is 3.00 bits per heavy atom. The van der Waals surface area contributed by atoms with Gasteiger partial charge in [0, 0.05) is 44.1 Å². The minimum atomic E-state index is 0.397. The number of pyridine rings is 1. The highest BCUT2D eigenvalue weighted by atomic mass is 15.3. The molecule has 0 amide bonds. The number of aromatic nitrogens is 2. The fourth-order valence-corrected chi connectivity index (χ4v) is 3.92. The van der Waals surface area contributed by atoms with Crippen molar-refractivity contribution in [2.75, 3.05) is 19.6 Å². The second-order valence-electron chi connectivity index (χ2n) is 6.23. The smallest absolute Gasteiger partial charge is 0.137 e. The van der Waals surface area contributed by atoms with Crippen molar-refractivity contribution in [1.82, 2.24) is 19.6 Å². The average Bonchev–Trinajstić information content (AvgIpc) is 3.08. The van der Waals surface area contributed by atoms with Gasteiger partial charge in [0.1, 0.15) is 5.65 Å². The lowest BCUT2D eigenvalue weighted by Crippen LogP contribution is -2.59. The molecular weight excluding hydrogens is 248 g/mol. The lowest BCUT2D eigenvalue weighted by Gasteiger charge is -2.45. The highest BCUT2D eigenvalue weighted by molar-refractivity contribution is 5.39. The summed E-state index contributed by atoms with van der Waals surface area (Å²) >= 11 is 0. The number of fused-ring (bicyclic) bond motifs is 1. The van der Waals surface area contributed by atoms with Crippen LogP contribution in [0.2, 0.25) is 0 Å². The Kier molecular flexibility index (Phi) is 3.00. The van der Waals surface area contributed by atoms with E-state index in [0.717, 1.165) is 31.8 Å². The Hall–Kier alpha value is -1.39. The molecule has 20 heavy (non-hydrogen) atoms. The molecule has 3 heterocycles. The molecule has 106 valence electrons. The number of hydrogen-bond acceptors (Lipinski definition) is 3. The van der Waals surface area contributed by atoms with Gasteiger partial charge in [0.2, 0.25) is 0 Å². The van der Waals surface area contributed by atoms with E-state index in [9.17, 15) is 0 Å². The fourth-order valence-electron chi connectivity index (χ4n) is 3.92. The highest BCUT2D eigenvalue weighted by Gasteiger charge is 2.41. The third-order valence-electron chi connectivity index (χ3n) is 4.98. The lowest BCUT2D eigenvalue weighted by molar-refractivity contribution is 0.0562. The Morgan fingerprint density at radius 2 is 2.15 bits per heavy atom. The summed E-state index contributed by atoms with van der Waals surface area (Å²) in [7, 11) is 0. The molecule has 4 heteroatoms. The molecule has 1 aliphatic heterocycles. The number of nitrogens with zero attached hydrogens (tertiary/aromatic N) is 3. The molecule has 1 spiro atoms. The molecule has 0 radical (unpaired) electrons. The topological polar surface area (TPSA) is 32.6 Å². The van der Waals surface area contributed by atoms with Gasteiger partial charge in [-0.05, 0) is 25.0 Å². The van der Waals surface area contributed by atoms with Gasteiger partial charge in [-0.25, -0.2) is 4.98 Å². The number of imidazole rings is 1. The Balaban J connectivity index is 1.60. The van der Waals surface area contributed by atoms with Gasteiger partial charge in [0.05, 0.1) is 5.69 Å². The third kappa shape index (κ3) is 2.03. The van der Waals surface area contributed by atoms with Gasteiger partial charge in [0.15, 0.2) is 0 Å². The van der Waals surface area contributed by atoms with E-state index in [2.05, 4.69) is 45.2 Å². The fraction of sp³-hybridized carbons (Fsp3) is 0.562. The maximum absolute atomic E-state index is 4.76. The van der Waals surface area contributed by atoms with Gasteiger partial charge in [-0.2, -0.15) is 0 Å². The molecule has 4 nitrogen and oxygen atoms in total. The minimum absolute atomic E-state index is 0.397. The van der Waals surface area contributed by atoms with Crippen LogP contribution in [0.1, 0.15) is 31.4 Å². The van der Waals surface area contributed by atoms with Gasteiger partial charge in [-0.3, -0.25) is 4.90 Å². The van der Waals surface area contributed by atoms with Crippen LogP contribution >= 0.6 is 0 Å². The summed E-state index contributed by atoms with van der Waals surface area (Å²) in [6, 6.07) is 6.18. The molecule has 4 rings (SSSR count). The van der Waals surface area contributed by atoms with E-state index in [1.54, 1.807) is 0 Å². The van der Waals surface area contributed by atoms with Crippen molar-refractivity contribution >= 4 is 5.65 Å². The zero-order valence-electron chi connectivity index (χ0n) is 11.9. The standard InChI is InChI=1S/C16H22N4/c1-4-9-19-11-14(18-15(19)5-1)12-20-10-8-17-13-16(20)6-2-3-7-16/h1,4-5,9,11,17H,2-3,6-8,10,12-13H2. The van der Waals surface area contributed by atoms with E-state index in [1.165, 1.54) is 31.4 Å². The van der Waals surface area contributed by atoms with Crippen LogP contribution < -0.4 is 5.32 Å². The van der Waals surface area contributed by atoms with Crippen molar-refractivity contribution in [2.45, 2.75) is 37.8 Å². The lowest BCUT2D eigenvalue weighted by atomic mass is 9.92. The molecular formula is C16H22N4. The van der Waals surface area contributed by atoms with E-state index in [-0.39, 0.29) is 0 Å². The van der Waals surface area contributed by atoms with Crippen LogP contribution in [0.15, 0.2) is 30.6 Å². The number of rotatable bonds is 2. The molecule has 1 aliphatic carbocycles. The zero-order valence-corrected chi connectivity index (χ0v) is 11.9. The van der Waals surface area contributed by atoms with E-state index in [1.807, 2.05) is 0 Å². The van der Waals surface area contributed by atoms with Crippen LogP contribution in [-0.2, 0) is 6.54 Å². The van der Waals surface area contributed by atoms with Gasteiger partial charge < -0.3 is 9.72 Å². The SMILES string of the molecule is c1ccn2cc(CN3CCNCC34CCCC4)nc2c1. The molecule has 1 N–H and O–H groups in total. The summed E-state index contributed by atoms with van der Waals surface area (Å²) in [5, 5.41) is 3.59. The molecule has 0 unspecified atom stereocenters. The molecule has 2 aromatic rings. The normalized spacial score (nSPS) is 22.8. The molecule has 0 aromatic carbocycles. The first-order valence-electron chi connectivity index (χ1n) is 7.74. The largest absolute Gasteiger partial charge is 0.314 e. The Bertz CT molecular complexity index is 564. The summed E-state index contributed by atoms with van der Waals surface area (Å²) in [5.74, 6) is 0. The van der Waals surface area contributed by atoms with E-state index in [4.69, 9.17) is 4.98 Å². The second-order valence-corrected chi connectivity index (χ2v) is 6.23. The van der Waals surface area contributed by atoms with Crippen molar-refractivity contribution in [3.05, 3.63) is 36.3 Å². The van der Waals surface area contributed by atoms with Crippen LogP contribution in [0.3, 0.4) is 0 Å². The van der Waals surface area contributed by atoms with Crippen molar-refractivity contribution in [3.63, 3.8) is 0 Å². The summed E-state index contributed by atoms with van der Waals surface area (Å²) in [5.41, 5.74) is 2.65. The molecule has 0 atom stereocenters. The predicted octanol–water partition coefficient (Wildman–Crippen LogP) is 2.05.